The Morgan fingerprint density at radius 3 is 2.61 bits per heavy atom. The molecule has 2 rings (SSSR count). The minimum atomic E-state index is -0.458. The van der Waals surface area contributed by atoms with Gasteiger partial charge in [-0.1, -0.05) is 6.92 Å². The van der Waals surface area contributed by atoms with Crippen LogP contribution < -0.4 is 5.32 Å². The molecule has 1 aromatic rings. The number of amides is 1. The third kappa shape index (κ3) is 5.53. The first-order valence-corrected chi connectivity index (χ1v) is 8.42. The summed E-state index contributed by atoms with van der Waals surface area (Å²) in [6.07, 6.45) is 2.27. The van der Waals surface area contributed by atoms with Crippen LogP contribution in [0.4, 0.5) is 10.6 Å². The fraction of sp³-hybridized carbons (Fsp3) is 0.688. The number of hydrogen-bond donors (Lipinski definition) is 1. The first-order chi connectivity index (χ1) is 10.8. The molecule has 0 aromatic carbocycles. The van der Waals surface area contributed by atoms with Crippen molar-refractivity contribution in [1.29, 1.82) is 0 Å². The van der Waals surface area contributed by atoms with E-state index in [-0.39, 0.29) is 17.4 Å². The molecule has 128 valence electrons. The molecule has 1 fully saturated rings. The van der Waals surface area contributed by atoms with Gasteiger partial charge in [0.2, 0.25) is 5.28 Å². The summed E-state index contributed by atoms with van der Waals surface area (Å²) in [7, 11) is 0. The lowest BCUT2D eigenvalue weighted by atomic mass is 10.1. The fourth-order valence-electron chi connectivity index (χ4n) is 2.46. The van der Waals surface area contributed by atoms with E-state index in [1.807, 2.05) is 33.8 Å². The number of aromatic nitrogens is 2. The van der Waals surface area contributed by atoms with Crippen LogP contribution in [0.1, 0.15) is 46.2 Å². The van der Waals surface area contributed by atoms with Crippen molar-refractivity contribution >= 4 is 23.5 Å². The van der Waals surface area contributed by atoms with Gasteiger partial charge >= 0.3 is 6.09 Å². The lowest BCUT2D eigenvalue weighted by Crippen LogP contribution is -2.44. The number of rotatable bonds is 3. The molecular weight excluding hydrogens is 316 g/mol. The minimum absolute atomic E-state index is 0.241. The molecule has 1 N–H and O–H groups in total. The summed E-state index contributed by atoms with van der Waals surface area (Å²) in [5, 5.41) is 3.65. The van der Waals surface area contributed by atoms with Gasteiger partial charge in [0.25, 0.3) is 0 Å². The number of likely N-dealkylation sites (tertiary alicyclic amines) is 1. The van der Waals surface area contributed by atoms with Gasteiger partial charge in [-0.15, -0.1) is 0 Å². The van der Waals surface area contributed by atoms with Gasteiger partial charge in [0.1, 0.15) is 11.4 Å². The van der Waals surface area contributed by atoms with Gasteiger partial charge in [-0.2, -0.15) is 0 Å². The Hall–Kier alpha value is -1.56. The number of ether oxygens (including phenoxy) is 1. The van der Waals surface area contributed by atoms with E-state index in [0.29, 0.717) is 13.1 Å². The van der Waals surface area contributed by atoms with E-state index in [1.54, 1.807) is 4.90 Å². The summed E-state index contributed by atoms with van der Waals surface area (Å²) < 4.78 is 5.41. The lowest BCUT2D eigenvalue weighted by Gasteiger charge is -2.33. The number of aryl methyl sites for hydroxylation is 1. The third-order valence-electron chi connectivity index (χ3n) is 3.61. The normalized spacial score (nSPS) is 16.3. The van der Waals surface area contributed by atoms with Gasteiger partial charge in [0.15, 0.2) is 0 Å². The van der Waals surface area contributed by atoms with Crippen LogP contribution in [0.15, 0.2) is 6.07 Å². The molecule has 0 unspecified atom stereocenters. The van der Waals surface area contributed by atoms with E-state index in [0.717, 1.165) is 30.8 Å². The number of nitrogens with one attached hydrogen (secondary N) is 1. The number of piperidine rings is 1. The van der Waals surface area contributed by atoms with E-state index >= 15 is 0 Å². The first kappa shape index (κ1) is 17.8. The molecule has 2 heterocycles. The first-order valence-electron chi connectivity index (χ1n) is 8.05. The van der Waals surface area contributed by atoms with Gasteiger partial charge in [0.05, 0.1) is 0 Å². The summed E-state index contributed by atoms with van der Waals surface area (Å²) in [5.41, 5.74) is 0.458. The van der Waals surface area contributed by atoms with Gasteiger partial charge in [-0.25, -0.2) is 14.8 Å². The van der Waals surface area contributed by atoms with Crippen molar-refractivity contribution in [2.75, 3.05) is 18.4 Å². The molecule has 0 bridgehead atoms. The van der Waals surface area contributed by atoms with Crippen LogP contribution in [-0.4, -0.2) is 45.7 Å². The van der Waals surface area contributed by atoms with Crippen LogP contribution in [0.25, 0.3) is 0 Å². The molecule has 1 saturated heterocycles. The van der Waals surface area contributed by atoms with E-state index in [9.17, 15) is 4.79 Å². The molecule has 0 radical (unpaired) electrons. The largest absolute Gasteiger partial charge is 0.444 e. The second-order valence-electron chi connectivity index (χ2n) is 6.75. The Labute approximate surface area is 142 Å². The summed E-state index contributed by atoms with van der Waals surface area (Å²) >= 11 is 5.94. The number of hydrogen-bond acceptors (Lipinski definition) is 5. The maximum absolute atomic E-state index is 12.1. The molecule has 6 nitrogen and oxygen atoms in total. The number of halogens is 1. The summed E-state index contributed by atoms with van der Waals surface area (Å²) in [6, 6.07) is 2.19. The second kappa shape index (κ2) is 7.34. The topological polar surface area (TPSA) is 67.4 Å². The maximum Gasteiger partial charge on any atom is 0.410 e. The van der Waals surface area contributed by atoms with Crippen molar-refractivity contribution in [1.82, 2.24) is 14.9 Å². The quantitative estimate of drug-likeness (QED) is 0.853. The molecule has 23 heavy (non-hydrogen) atoms. The highest BCUT2D eigenvalue weighted by molar-refractivity contribution is 6.28. The number of nitrogens with zero attached hydrogens (tertiary/aromatic N) is 3. The van der Waals surface area contributed by atoms with Gasteiger partial charge < -0.3 is 15.0 Å². The smallest absolute Gasteiger partial charge is 0.410 e. The molecule has 7 heteroatoms. The minimum Gasteiger partial charge on any atom is -0.444 e. The predicted octanol–water partition coefficient (Wildman–Crippen LogP) is 3.50. The molecule has 0 saturated carbocycles. The fourth-order valence-corrected chi connectivity index (χ4v) is 2.66. The zero-order valence-corrected chi connectivity index (χ0v) is 15.0. The molecule has 1 aromatic heterocycles. The molecule has 1 aliphatic rings. The van der Waals surface area contributed by atoms with Gasteiger partial charge in [-0.3, -0.25) is 0 Å². The van der Waals surface area contributed by atoms with Crippen molar-refractivity contribution in [2.24, 2.45) is 0 Å². The van der Waals surface area contributed by atoms with Crippen molar-refractivity contribution in [3.63, 3.8) is 0 Å². The van der Waals surface area contributed by atoms with Crippen LogP contribution in [0.5, 0.6) is 0 Å². The van der Waals surface area contributed by atoms with Crippen LogP contribution in [0, 0.1) is 0 Å². The Morgan fingerprint density at radius 1 is 1.39 bits per heavy atom. The van der Waals surface area contributed by atoms with Crippen LogP contribution in [-0.2, 0) is 11.2 Å². The molecular formula is C16H25ClN4O2. The summed E-state index contributed by atoms with van der Waals surface area (Å²) in [4.78, 5) is 22.2. The number of carbonyl (C=O) groups is 1. The van der Waals surface area contributed by atoms with Crippen molar-refractivity contribution < 1.29 is 9.53 Å². The zero-order valence-electron chi connectivity index (χ0n) is 14.2. The Morgan fingerprint density at radius 2 is 2.04 bits per heavy atom. The lowest BCUT2D eigenvalue weighted by molar-refractivity contribution is 0.0210. The van der Waals surface area contributed by atoms with E-state index in [1.165, 1.54) is 0 Å². The van der Waals surface area contributed by atoms with Crippen LogP contribution in [0.2, 0.25) is 5.28 Å². The van der Waals surface area contributed by atoms with Crippen LogP contribution >= 0.6 is 11.6 Å². The van der Waals surface area contributed by atoms with E-state index in [2.05, 4.69) is 15.3 Å². The highest BCUT2D eigenvalue weighted by Gasteiger charge is 2.27. The van der Waals surface area contributed by atoms with Gasteiger partial charge in [0, 0.05) is 30.9 Å². The molecule has 1 aliphatic heterocycles. The monoisotopic (exact) mass is 340 g/mol. The van der Waals surface area contributed by atoms with E-state index < -0.39 is 5.60 Å². The number of carbonyl (C=O) groups excluding carboxylic acids is 1. The predicted molar refractivity (Wildman–Crippen MR) is 90.9 cm³/mol. The van der Waals surface area contributed by atoms with Crippen molar-refractivity contribution in [3.05, 3.63) is 17.0 Å². The van der Waals surface area contributed by atoms with Crippen LogP contribution in [0.3, 0.4) is 0 Å². The van der Waals surface area contributed by atoms with E-state index in [4.69, 9.17) is 16.3 Å². The highest BCUT2D eigenvalue weighted by Crippen LogP contribution is 2.19. The zero-order chi connectivity index (χ0) is 17.0. The molecule has 1 amide bonds. The van der Waals surface area contributed by atoms with Crippen molar-refractivity contribution in [2.45, 2.75) is 58.6 Å². The standard InChI is InChI=1S/C16H25ClN4O2/c1-5-11-10-13(20-14(17)19-11)18-12-6-8-21(9-7-12)15(22)23-16(2,3)4/h10,12H,5-9H2,1-4H3,(H,18,19,20). The highest BCUT2D eigenvalue weighted by atomic mass is 35.5. The SMILES string of the molecule is CCc1cc(NC2CCN(C(=O)OC(C)(C)C)CC2)nc(Cl)n1. The Balaban J connectivity index is 1.87. The average Bonchev–Trinajstić information content (AvgIpc) is 2.45. The average molecular weight is 341 g/mol. The molecule has 0 atom stereocenters. The number of anilines is 1. The summed E-state index contributed by atoms with van der Waals surface area (Å²) in [5.74, 6) is 0.748. The van der Waals surface area contributed by atoms with Gasteiger partial charge in [-0.05, 0) is 51.6 Å². The molecule has 0 spiro atoms. The maximum atomic E-state index is 12.1. The summed E-state index contributed by atoms with van der Waals surface area (Å²) in [6.45, 7) is 9.01. The Bertz CT molecular complexity index is 552. The molecule has 0 aliphatic carbocycles. The Kier molecular flexibility index (Phi) is 5.68. The third-order valence-corrected chi connectivity index (χ3v) is 3.78. The van der Waals surface area contributed by atoms with Crippen molar-refractivity contribution in [3.8, 4) is 0 Å². The second-order valence-corrected chi connectivity index (χ2v) is 7.09.